The number of carbonyl (C=O) groups is 1. The Morgan fingerprint density at radius 1 is 1.89 bits per heavy atom. The molecule has 1 aliphatic rings. The van der Waals surface area contributed by atoms with Crippen molar-refractivity contribution >= 4 is 5.91 Å². The average Bonchev–Trinajstić information content (AvgIpc) is 1.97. The first-order valence-corrected chi connectivity index (χ1v) is 3.04. The molecule has 0 spiro atoms. The molecule has 2 unspecified atom stereocenters. The van der Waals surface area contributed by atoms with Crippen molar-refractivity contribution in [2.24, 2.45) is 5.92 Å². The molecule has 1 amide bonds. The number of amides is 1. The summed E-state index contributed by atoms with van der Waals surface area (Å²) >= 11 is 0. The van der Waals surface area contributed by atoms with Gasteiger partial charge in [0, 0.05) is 6.54 Å². The maximum Gasteiger partial charge on any atom is 0.225 e. The molecule has 2 N–H and O–H groups in total. The van der Waals surface area contributed by atoms with Crippen LogP contribution < -0.4 is 5.32 Å². The fraction of sp³-hybridized carbons (Fsp3) is 0.833. The van der Waals surface area contributed by atoms with Gasteiger partial charge in [-0.15, -0.1) is 0 Å². The molecule has 0 aromatic rings. The molecule has 0 bridgehead atoms. The second kappa shape index (κ2) is 1.70. The van der Waals surface area contributed by atoms with Gasteiger partial charge in [0.05, 0.1) is 11.5 Å². The van der Waals surface area contributed by atoms with E-state index in [1.807, 2.05) is 0 Å². The van der Waals surface area contributed by atoms with Crippen molar-refractivity contribution in [3.8, 4) is 0 Å². The van der Waals surface area contributed by atoms with Gasteiger partial charge in [-0.1, -0.05) is 6.92 Å². The van der Waals surface area contributed by atoms with E-state index in [-0.39, 0.29) is 11.8 Å². The zero-order chi connectivity index (χ0) is 7.07. The van der Waals surface area contributed by atoms with E-state index in [2.05, 4.69) is 5.32 Å². The molecular formula is C6H11NO2. The minimum absolute atomic E-state index is 0.0556. The van der Waals surface area contributed by atoms with Crippen LogP contribution in [0.5, 0.6) is 0 Å². The first kappa shape index (κ1) is 6.55. The minimum atomic E-state index is -0.836. The molecule has 3 nitrogen and oxygen atoms in total. The van der Waals surface area contributed by atoms with Crippen LogP contribution >= 0.6 is 0 Å². The van der Waals surface area contributed by atoms with Crippen molar-refractivity contribution in [2.75, 3.05) is 6.54 Å². The Morgan fingerprint density at radius 2 is 2.44 bits per heavy atom. The quantitative estimate of drug-likeness (QED) is 0.463. The molecule has 3 heteroatoms. The molecule has 1 saturated heterocycles. The standard InChI is InChI=1S/C6H11NO2/c1-4-5(8)7-3-6(4,2)9/h4,9H,3H2,1-2H3,(H,7,8). The highest BCUT2D eigenvalue weighted by molar-refractivity contribution is 5.82. The summed E-state index contributed by atoms with van der Waals surface area (Å²) in [4.78, 5) is 10.7. The second-order valence-electron chi connectivity index (χ2n) is 2.80. The fourth-order valence-electron chi connectivity index (χ4n) is 0.855. The monoisotopic (exact) mass is 129 g/mol. The molecule has 2 atom stereocenters. The normalized spacial score (nSPS) is 43.0. The van der Waals surface area contributed by atoms with Gasteiger partial charge in [0.25, 0.3) is 0 Å². The van der Waals surface area contributed by atoms with Crippen LogP contribution in [0.4, 0.5) is 0 Å². The average molecular weight is 129 g/mol. The van der Waals surface area contributed by atoms with E-state index in [0.29, 0.717) is 6.54 Å². The number of β-amino-alcohol motifs (C(OH)–C–C–N with tert-alkyl or cyclic N) is 1. The van der Waals surface area contributed by atoms with E-state index in [0.717, 1.165) is 0 Å². The lowest BCUT2D eigenvalue weighted by Gasteiger charge is -2.17. The minimum Gasteiger partial charge on any atom is -0.388 e. The Hall–Kier alpha value is -0.570. The van der Waals surface area contributed by atoms with Gasteiger partial charge in [-0.25, -0.2) is 0 Å². The smallest absolute Gasteiger partial charge is 0.225 e. The van der Waals surface area contributed by atoms with E-state index in [1.165, 1.54) is 0 Å². The number of carbonyl (C=O) groups excluding carboxylic acids is 1. The van der Waals surface area contributed by atoms with Gasteiger partial charge in [-0.3, -0.25) is 4.79 Å². The Bertz CT molecular complexity index is 142. The Labute approximate surface area is 54.1 Å². The third-order valence-corrected chi connectivity index (χ3v) is 1.95. The number of nitrogens with one attached hydrogen (secondary N) is 1. The number of aliphatic hydroxyl groups is 1. The van der Waals surface area contributed by atoms with E-state index >= 15 is 0 Å². The largest absolute Gasteiger partial charge is 0.388 e. The van der Waals surface area contributed by atoms with Crippen LogP contribution in [0.2, 0.25) is 0 Å². The number of rotatable bonds is 0. The molecule has 0 aliphatic carbocycles. The van der Waals surface area contributed by atoms with Crippen molar-refractivity contribution in [3.05, 3.63) is 0 Å². The highest BCUT2D eigenvalue weighted by Gasteiger charge is 2.39. The van der Waals surface area contributed by atoms with Crippen LogP contribution in [-0.2, 0) is 4.79 Å². The third-order valence-electron chi connectivity index (χ3n) is 1.95. The van der Waals surface area contributed by atoms with Crippen LogP contribution in [-0.4, -0.2) is 23.2 Å². The van der Waals surface area contributed by atoms with Crippen LogP contribution in [0.3, 0.4) is 0 Å². The Balaban J connectivity index is 2.73. The van der Waals surface area contributed by atoms with E-state index in [4.69, 9.17) is 0 Å². The van der Waals surface area contributed by atoms with Crippen LogP contribution in [0, 0.1) is 5.92 Å². The molecule has 1 rings (SSSR count). The Morgan fingerprint density at radius 3 is 2.56 bits per heavy atom. The van der Waals surface area contributed by atoms with Gasteiger partial charge in [0.1, 0.15) is 0 Å². The lowest BCUT2D eigenvalue weighted by molar-refractivity contribution is -0.124. The van der Waals surface area contributed by atoms with Crippen LogP contribution in [0.15, 0.2) is 0 Å². The molecule has 1 fully saturated rings. The van der Waals surface area contributed by atoms with Crippen molar-refractivity contribution < 1.29 is 9.90 Å². The Kier molecular flexibility index (Phi) is 1.24. The first-order chi connectivity index (χ1) is 4.04. The van der Waals surface area contributed by atoms with E-state index in [9.17, 15) is 9.90 Å². The van der Waals surface area contributed by atoms with Gasteiger partial charge in [-0.05, 0) is 6.92 Å². The second-order valence-corrected chi connectivity index (χ2v) is 2.80. The van der Waals surface area contributed by atoms with E-state index in [1.54, 1.807) is 13.8 Å². The molecule has 9 heavy (non-hydrogen) atoms. The third kappa shape index (κ3) is 0.920. The molecule has 0 saturated carbocycles. The zero-order valence-electron chi connectivity index (χ0n) is 5.64. The summed E-state index contributed by atoms with van der Waals surface area (Å²) in [6.45, 7) is 3.77. The molecule has 1 heterocycles. The topological polar surface area (TPSA) is 49.3 Å². The summed E-state index contributed by atoms with van der Waals surface area (Å²) in [6.07, 6.45) is 0. The summed E-state index contributed by atoms with van der Waals surface area (Å²) in [5, 5.41) is 11.9. The van der Waals surface area contributed by atoms with Gasteiger partial charge in [0.15, 0.2) is 0 Å². The first-order valence-electron chi connectivity index (χ1n) is 3.04. The van der Waals surface area contributed by atoms with Gasteiger partial charge < -0.3 is 10.4 Å². The number of hydrogen-bond donors (Lipinski definition) is 2. The van der Waals surface area contributed by atoms with Crippen LogP contribution in [0.1, 0.15) is 13.8 Å². The maximum absolute atomic E-state index is 10.7. The van der Waals surface area contributed by atoms with Crippen molar-refractivity contribution in [1.82, 2.24) is 5.32 Å². The highest BCUT2D eigenvalue weighted by Crippen LogP contribution is 2.20. The summed E-state index contributed by atoms with van der Waals surface area (Å²) in [7, 11) is 0. The summed E-state index contributed by atoms with van der Waals surface area (Å²) in [5.74, 6) is -0.322. The van der Waals surface area contributed by atoms with Crippen molar-refractivity contribution in [3.63, 3.8) is 0 Å². The molecule has 52 valence electrons. The SMILES string of the molecule is CC1C(=O)NCC1(C)O. The molecule has 0 radical (unpaired) electrons. The zero-order valence-corrected chi connectivity index (χ0v) is 5.64. The maximum atomic E-state index is 10.7. The molecule has 0 aromatic carbocycles. The van der Waals surface area contributed by atoms with Gasteiger partial charge in [-0.2, -0.15) is 0 Å². The van der Waals surface area contributed by atoms with Crippen LogP contribution in [0.25, 0.3) is 0 Å². The predicted molar refractivity (Wildman–Crippen MR) is 32.8 cm³/mol. The summed E-state index contributed by atoms with van der Waals surface area (Å²) in [5.41, 5.74) is -0.836. The fourth-order valence-corrected chi connectivity index (χ4v) is 0.855. The van der Waals surface area contributed by atoms with Crippen molar-refractivity contribution in [1.29, 1.82) is 0 Å². The highest BCUT2D eigenvalue weighted by atomic mass is 16.3. The van der Waals surface area contributed by atoms with E-state index < -0.39 is 5.60 Å². The molecule has 1 aliphatic heterocycles. The number of hydrogen-bond acceptors (Lipinski definition) is 2. The lowest BCUT2D eigenvalue weighted by atomic mass is 9.95. The van der Waals surface area contributed by atoms with Crippen molar-refractivity contribution in [2.45, 2.75) is 19.4 Å². The lowest BCUT2D eigenvalue weighted by Crippen LogP contribution is -2.32. The summed E-state index contributed by atoms with van der Waals surface area (Å²) in [6, 6.07) is 0. The molecule has 0 aromatic heterocycles. The van der Waals surface area contributed by atoms with Gasteiger partial charge >= 0.3 is 0 Å². The van der Waals surface area contributed by atoms with Gasteiger partial charge in [0.2, 0.25) is 5.91 Å². The predicted octanol–water partition coefficient (Wildman–Crippen LogP) is -0.497. The molecular weight excluding hydrogens is 118 g/mol. The summed E-state index contributed by atoms with van der Waals surface area (Å²) < 4.78 is 0.